The molecule has 0 heterocycles. The number of rotatable bonds is 6. The zero-order valence-electron chi connectivity index (χ0n) is 13.5. The van der Waals surface area contributed by atoms with Gasteiger partial charge in [0, 0.05) is 12.5 Å². The summed E-state index contributed by atoms with van der Waals surface area (Å²) in [5.74, 6) is 0.904. The van der Waals surface area contributed by atoms with Gasteiger partial charge in [0.05, 0.1) is 21.3 Å². The van der Waals surface area contributed by atoms with Crippen LogP contribution < -0.4 is 14.2 Å². The van der Waals surface area contributed by atoms with Crippen LogP contribution in [-0.2, 0) is 14.3 Å². The summed E-state index contributed by atoms with van der Waals surface area (Å²) in [4.78, 5) is 23.3. The van der Waals surface area contributed by atoms with E-state index in [-0.39, 0.29) is 5.78 Å². The van der Waals surface area contributed by atoms with Gasteiger partial charge in [-0.1, -0.05) is 0 Å². The number of ketones is 1. The highest BCUT2D eigenvalue weighted by Crippen LogP contribution is 2.38. The first-order valence-corrected chi connectivity index (χ1v) is 7.30. The maximum absolute atomic E-state index is 11.8. The smallest absolute Gasteiger partial charge is 0.331 e. The Morgan fingerprint density at radius 1 is 1.13 bits per heavy atom. The van der Waals surface area contributed by atoms with Gasteiger partial charge in [0.1, 0.15) is 0 Å². The van der Waals surface area contributed by atoms with Gasteiger partial charge in [0.2, 0.25) is 5.75 Å². The highest BCUT2D eigenvalue weighted by atomic mass is 16.5. The highest BCUT2D eigenvalue weighted by molar-refractivity contribution is 5.92. The Kier molecular flexibility index (Phi) is 5.62. The molecule has 0 aromatic heterocycles. The number of hydrogen-bond donors (Lipinski definition) is 0. The van der Waals surface area contributed by atoms with E-state index in [0.717, 1.165) is 6.42 Å². The number of hydrogen-bond acceptors (Lipinski definition) is 6. The third-order valence-electron chi connectivity index (χ3n) is 3.61. The minimum atomic E-state index is -0.605. The number of methoxy groups -OCH3 is 3. The molecule has 0 unspecified atom stereocenters. The minimum absolute atomic E-state index is 0.0143. The van der Waals surface area contributed by atoms with Crippen molar-refractivity contribution >= 4 is 17.8 Å². The van der Waals surface area contributed by atoms with Gasteiger partial charge in [-0.2, -0.15) is 0 Å². The van der Waals surface area contributed by atoms with Crippen LogP contribution in [0, 0.1) is 0 Å². The molecule has 1 aromatic carbocycles. The Morgan fingerprint density at radius 2 is 1.78 bits per heavy atom. The lowest BCUT2D eigenvalue weighted by atomic mass is 10.1. The summed E-state index contributed by atoms with van der Waals surface area (Å²) < 4.78 is 20.9. The molecule has 124 valence electrons. The summed E-state index contributed by atoms with van der Waals surface area (Å²) in [5, 5.41) is 0. The number of esters is 1. The van der Waals surface area contributed by atoms with E-state index in [2.05, 4.69) is 0 Å². The highest BCUT2D eigenvalue weighted by Gasteiger charge is 2.27. The second-order valence-electron chi connectivity index (χ2n) is 5.08. The van der Waals surface area contributed by atoms with Gasteiger partial charge in [-0.15, -0.1) is 0 Å². The van der Waals surface area contributed by atoms with Crippen molar-refractivity contribution in [2.24, 2.45) is 0 Å². The van der Waals surface area contributed by atoms with Gasteiger partial charge < -0.3 is 18.9 Å². The first-order chi connectivity index (χ1) is 11.1. The Hall–Kier alpha value is -2.50. The topological polar surface area (TPSA) is 71.1 Å². The molecular weight excluding hydrogens is 300 g/mol. The molecule has 2 rings (SSSR count). The molecule has 1 aromatic rings. The zero-order chi connectivity index (χ0) is 16.8. The van der Waals surface area contributed by atoms with E-state index >= 15 is 0 Å². The SMILES string of the molecule is COc1cc(/C=C/C(=O)O[C@H]2CCCC2=O)cc(OC)c1OC. The quantitative estimate of drug-likeness (QED) is 0.592. The van der Waals surface area contributed by atoms with Gasteiger partial charge >= 0.3 is 5.97 Å². The monoisotopic (exact) mass is 320 g/mol. The third kappa shape index (κ3) is 4.03. The van der Waals surface area contributed by atoms with E-state index in [9.17, 15) is 9.59 Å². The molecule has 1 fully saturated rings. The zero-order valence-corrected chi connectivity index (χ0v) is 13.5. The number of ether oxygens (including phenoxy) is 4. The molecule has 0 saturated heterocycles. The molecule has 0 N–H and O–H groups in total. The van der Waals surface area contributed by atoms with Crippen LogP contribution in [0.1, 0.15) is 24.8 Å². The van der Waals surface area contributed by atoms with Crippen molar-refractivity contribution < 1.29 is 28.5 Å². The Bertz CT molecular complexity index is 595. The molecule has 6 heteroatoms. The maximum atomic E-state index is 11.8. The Labute approximate surface area is 135 Å². The van der Waals surface area contributed by atoms with Gasteiger partial charge in [-0.25, -0.2) is 4.79 Å². The molecule has 1 atom stereocenters. The van der Waals surface area contributed by atoms with Crippen LogP contribution in [-0.4, -0.2) is 39.2 Å². The summed E-state index contributed by atoms with van der Waals surface area (Å²) >= 11 is 0. The van der Waals surface area contributed by atoms with Crippen LogP contribution in [0.2, 0.25) is 0 Å². The fourth-order valence-electron chi connectivity index (χ4n) is 2.45. The van der Waals surface area contributed by atoms with E-state index in [1.54, 1.807) is 18.2 Å². The second-order valence-corrected chi connectivity index (χ2v) is 5.08. The van der Waals surface area contributed by atoms with E-state index < -0.39 is 12.1 Å². The van der Waals surface area contributed by atoms with Crippen molar-refractivity contribution in [3.63, 3.8) is 0 Å². The van der Waals surface area contributed by atoms with Crippen molar-refractivity contribution in [1.29, 1.82) is 0 Å². The summed E-state index contributed by atoms with van der Waals surface area (Å²) in [6.45, 7) is 0. The predicted molar refractivity (Wildman–Crippen MR) is 83.9 cm³/mol. The van der Waals surface area contributed by atoms with E-state index in [1.807, 2.05) is 0 Å². The molecule has 1 aliphatic rings. The van der Waals surface area contributed by atoms with Crippen molar-refractivity contribution in [1.82, 2.24) is 0 Å². The van der Waals surface area contributed by atoms with Crippen LogP contribution in [0.25, 0.3) is 6.08 Å². The lowest BCUT2D eigenvalue weighted by Gasteiger charge is -2.13. The normalized spacial score (nSPS) is 17.3. The molecule has 0 aliphatic heterocycles. The summed E-state index contributed by atoms with van der Waals surface area (Å²) in [5.41, 5.74) is 0.689. The van der Waals surface area contributed by atoms with Crippen LogP contribution in [0.4, 0.5) is 0 Å². The van der Waals surface area contributed by atoms with Crippen molar-refractivity contribution in [2.75, 3.05) is 21.3 Å². The predicted octanol–water partition coefficient (Wildman–Crippen LogP) is 2.39. The van der Waals surface area contributed by atoms with Gasteiger partial charge in [0.25, 0.3) is 0 Å². The molecule has 1 saturated carbocycles. The number of carbonyl (C=O) groups is 2. The summed E-state index contributed by atoms with van der Waals surface area (Å²) in [6.07, 6.45) is 4.11. The van der Waals surface area contributed by atoms with Crippen LogP contribution in [0.3, 0.4) is 0 Å². The Morgan fingerprint density at radius 3 is 2.26 bits per heavy atom. The number of benzene rings is 1. The molecular formula is C17H20O6. The molecule has 6 nitrogen and oxygen atoms in total. The molecule has 0 radical (unpaired) electrons. The Balaban J connectivity index is 2.12. The average Bonchev–Trinajstić information content (AvgIpc) is 2.96. The lowest BCUT2D eigenvalue weighted by molar-refractivity contribution is -0.148. The fraction of sp³-hybridized carbons (Fsp3) is 0.412. The maximum Gasteiger partial charge on any atom is 0.331 e. The standard InChI is InChI=1S/C17H20O6/c1-20-14-9-11(10-15(21-2)17(14)22-3)7-8-16(19)23-13-6-4-5-12(13)18/h7-10,13H,4-6H2,1-3H3/b8-7+/t13-/m0/s1. The van der Waals surface area contributed by atoms with E-state index in [1.165, 1.54) is 27.4 Å². The van der Waals surface area contributed by atoms with Gasteiger partial charge in [-0.05, 0) is 36.6 Å². The first kappa shape index (κ1) is 16.9. The van der Waals surface area contributed by atoms with Crippen LogP contribution >= 0.6 is 0 Å². The fourth-order valence-corrected chi connectivity index (χ4v) is 2.45. The molecule has 23 heavy (non-hydrogen) atoms. The second kappa shape index (κ2) is 7.67. The van der Waals surface area contributed by atoms with Crippen LogP contribution in [0.5, 0.6) is 17.2 Å². The molecule has 1 aliphatic carbocycles. The average molecular weight is 320 g/mol. The van der Waals surface area contributed by atoms with Gasteiger partial charge in [0.15, 0.2) is 23.4 Å². The van der Waals surface area contributed by atoms with Crippen molar-refractivity contribution in [2.45, 2.75) is 25.4 Å². The van der Waals surface area contributed by atoms with Crippen molar-refractivity contribution in [3.05, 3.63) is 23.8 Å². The summed E-state index contributed by atoms with van der Waals surface area (Å²) in [6, 6.07) is 3.43. The molecule has 0 amide bonds. The molecule has 0 bridgehead atoms. The van der Waals surface area contributed by atoms with Crippen molar-refractivity contribution in [3.8, 4) is 17.2 Å². The first-order valence-electron chi connectivity index (χ1n) is 7.30. The van der Waals surface area contributed by atoms with E-state index in [4.69, 9.17) is 18.9 Å². The largest absolute Gasteiger partial charge is 0.493 e. The number of Topliss-reactive ketones (excluding diaryl/α,β-unsaturated/α-hetero) is 1. The number of carbonyl (C=O) groups excluding carboxylic acids is 2. The molecule has 0 spiro atoms. The summed E-state index contributed by atoms with van der Waals surface area (Å²) in [7, 11) is 4.56. The van der Waals surface area contributed by atoms with Gasteiger partial charge in [-0.3, -0.25) is 4.79 Å². The van der Waals surface area contributed by atoms with Crippen LogP contribution in [0.15, 0.2) is 18.2 Å². The van der Waals surface area contributed by atoms with E-state index in [0.29, 0.717) is 35.7 Å². The third-order valence-corrected chi connectivity index (χ3v) is 3.61. The minimum Gasteiger partial charge on any atom is -0.493 e. The lowest BCUT2D eigenvalue weighted by Crippen LogP contribution is -2.20.